The SMILES string of the molecule is CC(=O)c1c(C)[nH]c(C(=O)OCc2ccc(COC(=O)c3[nH]c(C)c(C(C)=O)c3C)cc2)c1C. The van der Waals surface area contributed by atoms with Gasteiger partial charge in [-0.3, -0.25) is 9.59 Å². The van der Waals surface area contributed by atoms with Crippen molar-refractivity contribution < 1.29 is 28.7 Å². The fraction of sp³-hybridized carbons (Fsp3) is 0.308. The summed E-state index contributed by atoms with van der Waals surface area (Å²) < 4.78 is 10.8. The second-order valence-electron chi connectivity index (χ2n) is 8.33. The van der Waals surface area contributed by atoms with Crippen LogP contribution in [0.4, 0.5) is 0 Å². The van der Waals surface area contributed by atoms with Gasteiger partial charge in [0.05, 0.1) is 0 Å². The lowest BCUT2D eigenvalue weighted by Gasteiger charge is -2.07. The zero-order valence-electron chi connectivity index (χ0n) is 20.2. The topological polar surface area (TPSA) is 118 Å². The first-order valence-electron chi connectivity index (χ1n) is 10.8. The van der Waals surface area contributed by atoms with E-state index in [1.807, 2.05) is 0 Å². The molecule has 2 N–H and O–H groups in total. The van der Waals surface area contributed by atoms with Gasteiger partial charge in [0.2, 0.25) is 0 Å². The van der Waals surface area contributed by atoms with Crippen molar-refractivity contribution in [2.75, 3.05) is 0 Å². The number of carbonyl (C=O) groups is 4. The Morgan fingerprint density at radius 2 is 0.971 bits per heavy atom. The van der Waals surface area contributed by atoms with E-state index in [0.29, 0.717) is 33.6 Å². The van der Waals surface area contributed by atoms with E-state index in [4.69, 9.17) is 9.47 Å². The molecule has 2 heterocycles. The van der Waals surface area contributed by atoms with Crippen LogP contribution >= 0.6 is 0 Å². The average molecular weight is 465 g/mol. The van der Waals surface area contributed by atoms with Crippen molar-refractivity contribution in [1.82, 2.24) is 9.97 Å². The molecule has 0 radical (unpaired) electrons. The van der Waals surface area contributed by atoms with Crippen LogP contribution in [0, 0.1) is 27.7 Å². The fourth-order valence-corrected chi connectivity index (χ4v) is 4.14. The standard InChI is InChI=1S/C26H28N2O6/c1-13-21(17(5)29)15(3)27-23(13)25(31)33-11-19-7-9-20(10-8-19)12-34-26(32)24-14(2)22(18(6)30)16(4)28-24/h7-10,27-28H,11-12H2,1-6H3. The predicted molar refractivity (Wildman–Crippen MR) is 125 cm³/mol. The van der Waals surface area contributed by atoms with Gasteiger partial charge in [-0.25, -0.2) is 9.59 Å². The van der Waals surface area contributed by atoms with Crippen molar-refractivity contribution in [2.45, 2.75) is 54.8 Å². The number of rotatable bonds is 8. The van der Waals surface area contributed by atoms with Gasteiger partial charge >= 0.3 is 11.9 Å². The van der Waals surface area contributed by atoms with E-state index in [1.165, 1.54) is 13.8 Å². The van der Waals surface area contributed by atoms with Gasteiger partial charge in [-0.2, -0.15) is 0 Å². The highest BCUT2D eigenvalue weighted by Gasteiger charge is 2.22. The van der Waals surface area contributed by atoms with Crippen LogP contribution in [0.25, 0.3) is 0 Å². The third-order valence-electron chi connectivity index (χ3n) is 5.75. The highest BCUT2D eigenvalue weighted by molar-refractivity contribution is 6.01. The van der Waals surface area contributed by atoms with Gasteiger partial charge in [-0.15, -0.1) is 0 Å². The smallest absolute Gasteiger partial charge is 0.355 e. The number of carbonyl (C=O) groups excluding carboxylic acids is 4. The molecule has 0 aliphatic carbocycles. The molecule has 0 unspecified atom stereocenters. The van der Waals surface area contributed by atoms with Crippen molar-refractivity contribution in [2.24, 2.45) is 0 Å². The van der Waals surface area contributed by atoms with Crippen LogP contribution in [0.5, 0.6) is 0 Å². The van der Waals surface area contributed by atoms with E-state index < -0.39 is 11.9 Å². The monoisotopic (exact) mass is 464 g/mol. The van der Waals surface area contributed by atoms with E-state index in [1.54, 1.807) is 52.0 Å². The number of ketones is 2. The van der Waals surface area contributed by atoms with Crippen LogP contribution < -0.4 is 0 Å². The number of aromatic amines is 2. The molecule has 8 heteroatoms. The van der Waals surface area contributed by atoms with Gasteiger partial charge in [0, 0.05) is 22.5 Å². The summed E-state index contributed by atoms with van der Waals surface area (Å²) in [6, 6.07) is 7.12. The lowest BCUT2D eigenvalue weighted by molar-refractivity contribution is 0.0453. The van der Waals surface area contributed by atoms with E-state index in [0.717, 1.165) is 11.1 Å². The Morgan fingerprint density at radius 3 is 1.24 bits per heavy atom. The molecule has 178 valence electrons. The number of nitrogens with one attached hydrogen (secondary N) is 2. The summed E-state index contributed by atoms with van der Waals surface area (Å²) >= 11 is 0. The van der Waals surface area contributed by atoms with Crippen LogP contribution in [-0.4, -0.2) is 33.5 Å². The Bertz CT molecular complexity index is 1180. The first-order valence-corrected chi connectivity index (χ1v) is 10.8. The molecular formula is C26H28N2O6. The van der Waals surface area contributed by atoms with Crippen LogP contribution in [0.15, 0.2) is 24.3 Å². The number of aromatic nitrogens is 2. The summed E-state index contributed by atoms with van der Waals surface area (Å²) in [6.07, 6.45) is 0. The van der Waals surface area contributed by atoms with Gasteiger partial charge < -0.3 is 19.4 Å². The predicted octanol–water partition coefficient (Wildman–Crippen LogP) is 4.70. The first-order chi connectivity index (χ1) is 16.0. The Morgan fingerprint density at radius 1 is 0.647 bits per heavy atom. The molecule has 0 fully saturated rings. The van der Waals surface area contributed by atoms with Crippen molar-refractivity contribution in [1.29, 1.82) is 0 Å². The number of Topliss-reactive ketones (excluding diaryl/α,β-unsaturated/α-hetero) is 2. The molecule has 0 saturated heterocycles. The maximum Gasteiger partial charge on any atom is 0.355 e. The molecular weight excluding hydrogens is 436 g/mol. The minimum atomic E-state index is -0.535. The van der Waals surface area contributed by atoms with E-state index in [2.05, 4.69) is 9.97 Å². The summed E-state index contributed by atoms with van der Waals surface area (Å²) in [5.41, 5.74) is 5.52. The largest absolute Gasteiger partial charge is 0.456 e. The molecule has 2 aromatic heterocycles. The van der Waals surface area contributed by atoms with Gasteiger partial charge in [0.15, 0.2) is 11.6 Å². The third-order valence-corrected chi connectivity index (χ3v) is 5.75. The molecule has 8 nitrogen and oxygen atoms in total. The zero-order valence-corrected chi connectivity index (χ0v) is 20.2. The third kappa shape index (κ3) is 5.01. The molecule has 0 bridgehead atoms. The average Bonchev–Trinajstić information content (AvgIpc) is 3.25. The number of ether oxygens (including phenoxy) is 2. The lowest BCUT2D eigenvalue weighted by Crippen LogP contribution is -2.08. The fourth-order valence-electron chi connectivity index (χ4n) is 4.14. The Hall–Kier alpha value is -3.94. The summed E-state index contributed by atoms with van der Waals surface area (Å²) in [5, 5.41) is 0. The quantitative estimate of drug-likeness (QED) is 0.369. The Kier molecular flexibility index (Phi) is 7.20. The number of H-pyrrole nitrogens is 2. The summed E-state index contributed by atoms with van der Waals surface area (Å²) in [7, 11) is 0. The van der Waals surface area contributed by atoms with Crippen molar-refractivity contribution in [3.05, 3.63) is 80.4 Å². The number of hydrogen-bond donors (Lipinski definition) is 2. The van der Waals surface area contributed by atoms with Gasteiger partial charge in [-0.05, 0) is 63.8 Å². The zero-order chi connectivity index (χ0) is 25.2. The second-order valence-corrected chi connectivity index (χ2v) is 8.33. The summed E-state index contributed by atoms with van der Waals surface area (Å²) in [4.78, 5) is 54.3. The highest BCUT2D eigenvalue weighted by atomic mass is 16.5. The first kappa shape index (κ1) is 24.7. The number of esters is 2. The molecule has 34 heavy (non-hydrogen) atoms. The minimum absolute atomic E-state index is 0.0561. The molecule has 1 aromatic carbocycles. The van der Waals surface area contributed by atoms with Crippen molar-refractivity contribution >= 4 is 23.5 Å². The molecule has 3 rings (SSSR count). The Labute approximate surface area is 197 Å². The van der Waals surface area contributed by atoms with Gasteiger partial charge in [-0.1, -0.05) is 24.3 Å². The minimum Gasteiger partial charge on any atom is -0.456 e. The van der Waals surface area contributed by atoms with Crippen LogP contribution in [0.1, 0.15) is 89.2 Å². The summed E-state index contributed by atoms with van der Waals surface area (Å²) in [6.45, 7) is 9.94. The number of hydrogen-bond acceptors (Lipinski definition) is 6. The summed E-state index contributed by atoms with van der Waals surface area (Å²) in [5.74, 6) is -1.29. The van der Waals surface area contributed by atoms with Gasteiger partial charge in [0.1, 0.15) is 24.6 Å². The molecule has 3 aromatic rings. The molecule has 0 spiro atoms. The normalized spacial score (nSPS) is 10.8. The van der Waals surface area contributed by atoms with E-state index in [-0.39, 0.29) is 36.2 Å². The molecule has 0 aliphatic rings. The molecule has 0 saturated carbocycles. The lowest BCUT2D eigenvalue weighted by atomic mass is 10.1. The molecule has 0 amide bonds. The van der Waals surface area contributed by atoms with Crippen LogP contribution in [-0.2, 0) is 22.7 Å². The second kappa shape index (κ2) is 9.91. The Balaban J connectivity index is 1.58. The molecule has 0 aliphatic heterocycles. The van der Waals surface area contributed by atoms with Crippen LogP contribution in [0.3, 0.4) is 0 Å². The van der Waals surface area contributed by atoms with Crippen molar-refractivity contribution in [3.63, 3.8) is 0 Å². The maximum atomic E-state index is 12.5. The van der Waals surface area contributed by atoms with Gasteiger partial charge in [0.25, 0.3) is 0 Å². The van der Waals surface area contributed by atoms with Crippen molar-refractivity contribution in [3.8, 4) is 0 Å². The van der Waals surface area contributed by atoms with Crippen LogP contribution in [0.2, 0.25) is 0 Å². The molecule has 0 atom stereocenters. The van der Waals surface area contributed by atoms with E-state index >= 15 is 0 Å². The number of benzene rings is 1. The number of aryl methyl sites for hydroxylation is 2. The van der Waals surface area contributed by atoms with E-state index in [9.17, 15) is 19.2 Å². The highest BCUT2D eigenvalue weighted by Crippen LogP contribution is 2.21. The maximum absolute atomic E-state index is 12.5.